The highest BCUT2D eigenvalue weighted by Gasteiger charge is 2.28. The van der Waals surface area contributed by atoms with E-state index in [1.54, 1.807) is 4.90 Å². The molecule has 3 N–H and O–H groups in total. The highest BCUT2D eigenvalue weighted by Crippen LogP contribution is 2.21. The van der Waals surface area contributed by atoms with Crippen molar-refractivity contribution in [2.24, 2.45) is 5.73 Å². The molecule has 2 rings (SSSR count). The van der Waals surface area contributed by atoms with Gasteiger partial charge in [-0.15, -0.1) is 0 Å². The zero-order valence-electron chi connectivity index (χ0n) is 9.10. The van der Waals surface area contributed by atoms with Gasteiger partial charge in [0.05, 0.1) is 19.1 Å². The highest BCUT2D eigenvalue weighted by molar-refractivity contribution is 5.96. The molecule has 1 saturated heterocycles. The number of anilines is 1. The molecule has 4 heteroatoms. The first kappa shape index (κ1) is 11.1. The largest absolute Gasteiger partial charge is 0.391 e. The number of benzene rings is 1. The van der Waals surface area contributed by atoms with Crippen LogP contribution in [0.1, 0.15) is 12.0 Å². The first-order valence-electron chi connectivity index (χ1n) is 5.48. The van der Waals surface area contributed by atoms with Crippen molar-refractivity contribution in [2.75, 3.05) is 18.0 Å². The number of rotatable bonds is 3. The van der Waals surface area contributed by atoms with Crippen LogP contribution in [0.2, 0.25) is 0 Å². The molecule has 1 aromatic rings. The van der Waals surface area contributed by atoms with E-state index in [1.165, 1.54) is 5.56 Å². The summed E-state index contributed by atoms with van der Waals surface area (Å²) >= 11 is 0. The molecule has 4 nitrogen and oxygen atoms in total. The molecule has 1 heterocycles. The van der Waals surface area contributed by atoms with Crippen LogP contribution < -0.4 is 10.6 Å². The average molecular weight is 220 g/mol. The van der Waals surface area contributed by atoms with Gasteiger partial charge in [0.2, 0.25) is 5.91 Å². The van der Waals surface area contributed by atoms with Gasteiger partial charge >= 0.3 is 0 Å². The smallest absolute Gasteiger partial charge is 0.229 e. The van der Waals surface area contributed by atoms with Gasteiger partial charge in [-0.25, -0.2) is 0 Å². The number of amides is 1. The van der Waals surface area contributed by atoms with Crippen LogP contribution in [-0.2, 0) is 11.2 Å². The van der Waals surface area contributed by atoms with Crippen molar-refractivity contribution in [1.82, 2.24) is 0 Å². The third-order valence-corrected chi connectivity index (χ3v) is 2.79. The van der Waals surface area contributed by atoms with E-state index in [4.69, 9.17) is 5.73 Å². The first-order valence-corrected chi connectivity index (χ1v) is 5.48. The highest BCUT2D eigenvalue weighted by atomic mass is 16.3. The van der Waals surface area contributed by atoms with Gasteiger partial charge in [0, 0.05) is 5.69 Å². The van der Waals surface area contributed by atoms with E-state index in [0.717, 1.165) is 12.1 Å². The summed E-state index contributed by atoms with van der Waals surface area (Å²) in [6, 6.07) is 7.75. The van der Waals surface area contributed by atoms with Crippen molar-refractivity contribution in [3.05, 3.63) is 29.8 Å². The fourth-order valence-corrected chi connectivity index (χ4v) is 1.95. The lowest BCUT2D eigenvalue weighted by atomic mass is 10.1. The minimum Gasteiger partial charge on any atom is -0.391 e. The number of carbonyl (C=O) groups excluding carboxylic acids is 1. The second-order valence-electron chi connectivity index (χ2n) is 4.07. The molecule has 0 radical (unpaired) electrons. The van der Waals surface area contributed by atoms with Crippen LogP contribution in [0.4, 0.5) is 5.69 Å². The van der Waals surface area contributed by atoms with Gasteiger partial charge in [-0.05, 0) is 30.7 Å². The van der Waals surface area contributed by atoms with Gasteiger partial charge < -0.3 is 15.7 Å². The van der Waals surface area contributed by atoms with E-state index < -0.39 is 6.10 Å². The number of aliphatic hydroxyl groups is 1. The summed E-state index contributed by atoms with van der Waals surface area (Å²) in [5.74, 6) is -0.0147. The quantitative estimate of drug-likeness (QED) is 0.769. The molecule has 0 bridgehead atoms. The normalized spacial score (nSPS) is 20.5. The van der Waals surface area contributed by atoms with Gasteiger partial charge in [0.1, 0.15) is 0 Å². The Morgan fingerprint density at radius 3 is 2.56 bits per heavy atom. The third-order valence-electron chi connectivity index (χ3n) is 2.79. The summed E-state index contributed by atoms with van der Waals surface area (Å²) in [4.78, 5) is 13.2. The maximum absolute atomic E-state index is 11.5. The predicted molar refractivity (Wildman–Crippen MR) is 62.2 cm³/mol. The number of nitrogens with two attached hydrogens (primary N) is 1. The molecule has 1 aromatic carbocycles. The molecule has 1 fully saturated rings. The molecule has 1 atom stereocenters. The van der Waals surface area contributed by atoms with E-state index >= 15 is 0 Å². The number of hydrogen-bond acceptors (Lipinski definition) is 3. The summed E-state index contributed by atoms with van der Waals surface area (Å²) in [7, 11) is 0. The lowest BCUT2D eigenvalue weighted by molar-refractivity contribution is -0.117. The molecule has 1 unspecified atom stereocenters. The maximum Gasteiger partial charge on any atom is 0.229 e. The van der Waals surface area contributed by atoms with Gasteiger partial charge in [-0.2, -0.15) is 0 Å². The molecule has 0 aromatic heterocycles. The first-order chi connectivity index (χ1) is 7.70. The average Bonchev–Trinajstić information content (AvgIpc) is 2.59. The number of carbonyl (C=O) groups is 1. The molecule has 1 aliphatic rings. The topological polar surface area (TPSA) is 66.6 Å². The van der Waals surface area contributed by atoms with Gasteiger partial charge in [-0.3, -0.25) is 4.79 Å². The van der Waals surface area contributed by atoms with Crippen LogP contribution in [-0.4, -0.2) is 30.2 Å². The summed E-state index contributed by atoms with van der Waals surface area (Å²) in [5, 5.41) is 9.39. The number of nitrogens with zero attached hydrogens (tertiary/aromatic N) is 1. The third kappa shape index (κ3) is 2.23. The zero-order chi connectivity index (χ0) is 11.5. The molecular formula is C12H16N2O2. The van der Waals surface area contributed by atoms with Crippen molar-refractivity contribution in [1.29, 1.82) is 0 Å². The van der Waals surface area contributed by atoms with Crippen molar-refractivity contribution in [3.8, 4) is 0 Å². The second-order valence-corrected chi connectivity index (χ2v) is 4.07. The summed E-state index contributed by atoms with van der Waals surface area (Å²) < 4.78 is 0. The fourth-order valence-electron chi connectivity index (χ4n) is 1.95. The SMILES string of the molecule is NCCc1ccc(N2CC(O)CC2=O)cc1. The number of hydrogen-bond donors (Lipinski definition) is 2. The van der Waals surface area contributed by atoms with Crippen LogP contribution in [0.25, 0.3) is 0 Å². The maximum atomic E-state index is 11.5. The van der Waals surface area contributed by atoms with Crippen molar-refractivity contribution in [3.63, 3.8) is 0 Å². The summed E-state index contributed by atoms with van der Waals surface area (Å²) in [6.07, 6.45) is 0.540. The van der Waals surface area contributed by atoms with Gasteiger partial charge in [0.25, 0.3) is 0 Å². The Morgan fingerprint density at radius 2 is 2.06 bits per heavy atom. The standard InChI is InChI=1S/C12H16N2O2/c13-6-5-9-1-3-10(4-2-9)14-8-11(15)7-12(14)16/h1-4,11,15H,5-8,13H2. The minimum absolute atomic E-state index is 0.0147. The Hall–Kier alpha value is -1.39. The molecule has 1 amide bonds. The van der Waals surface area contributed by atoms with Crippen molar-refractivity contribution < 1.29 is 9.90 Å². The van der Waals surface area contributed by atoms with Gasteiger partial charge in [-0.1, -0.05) is 12.1 Å². The Labute approximate surface area is 94.7 Å². The van der Waals surface area contributed by atoms with E-state index in [0.29, 0.717) is 13.1 Å². The predicted octanol–water partition coefficient (Wildman–Crippen LogP) is 0.285. The molecular weight excluding hydrogens is 204 g/mol. The van der Waals surface area contributed by atoms with Crippen LogP contribution in [0.5, 0.6) is 0 Å². The van der Waals surface area contributed by atoms with E-state index in [1.807, 2.05) is 24.3 Å². The Bertz CT molecular complexity index is 375. The number of aliphatic hydroxyl groups excluding tert-OH is 1. The van der Waals surface area contributed by atoms with Crippen LogP contribution in [0.3, 0.4) is 0 Å². The summed E-state index contributed by atoms with van der Waals surface area (Å²) in [6.45, 7) is 1.02. The summed E-state index contributed by atoms with van der Waals surface area (Å²) in [5.41, 5.74) is 7.48. The van der Waals surface area contributed by atoms with Crippen LogP contribution >= 0.6 is 0 Å². The van der Waals surface area contributed by atoms with Crippen LogP contribution in [0.15, 0.2) is 24.3 Å². The lowest BCUT2D eigenvalue weighted by Gasteiger charge is -2.16. The van der Waals surface area contributed by atoms with E-state index in [-0.39, 0.29) is 12.3 Å². The molecule has 0 saturated carbocycles. The zero-order valence-corrected chi connectivity index (χ0v) is 9.10. The van der Waals surface area contributed by atoms with E-state index in [9.17, 15) is 9.90 Å². The fraction of sp³-hybridized carbons (Fsp3) is 0.417. The monoisotopic (exact) mass is 220 g/mol. The molecule has 1 aliphatic heterocycles. The minimum atomic E-state index is -0.531. The number of β-amino-alcohol motifs (C(OH)–C–C–N with tert-alkyl or cyclic N) is 1. The molecule has 16 heavy (non-hydrogen) atoms. The molecule has 86 valence electrons. The van der Waals surface area contributed by atoms with Crippen molar-refractivity contribution >= 4 is 11.6 Å². The van der Waals surface area contributed by atoms with Crippen molar-refractivity contribution in [2.45, 2.75) is 18.9 Å². The van der Waals surface area contributed by atoms with Gasteiger partial charge in [0.15, 0.2) is 0 Å². The molecule has 0 spiro atoms. The van der Waals surface area contributed by atoms with Crippen LogP contribution in [0, 0.1) is 0 Å². The van der Waals surface area contributed by atoms with E-state index in [2.05, 4.69) is 0 Å². The second kappa shape index (κ2) is 4.63. The Morgan fingerprint density at radius 1 is 1.38 bits per heavy atom. The Balaban J connectivity index is 2.12. The lowest BCUT2D eigenvalue weighted by Crippen LogP contribution is -2.25. The molecule has 0 aliphatic carbocycles. The Kier molecular flexibility index (Phi) is 3.22.